The van der Waals surface area contributed by atoms with Crippen molar-refractivity contribution in [3.8, 4) is 11.5 Å². The summed E-state index contributed by atoms with van der Waals surface area (Å²) >= 11 is 6.00. The van der Waals surface area contributed by atoms with E-state index >= 15 is 0 Å². The van der Waals surface area contributed by atoms with E-state index < -0.39 is 0 Å². The molecule has 0 atom stereocenters. The molecule has 0 aliphatic heterocycles. The van der Waals surface area contributed by atoms with Gasteiger partial charge in [0, 0.05) is 16.3 Å². The third-order valence-electron chi connectivity index (χ3n) is 3.91. The zero-order valence-corrected chi connectivity index (χ0v) is 14.0. The second kappa shape index (κ2) is 6.11. The first-order chi connectivity index (χ1) is 12.1. The fraction of sp³-hybridized carbons (Fsp3) is 0.0526. The van der Waals surface area contributed by atoms with Crippen molar-refractivity contribution in [3.63, 3.8) is 0 Å². The summed E-state index contributed by atoms with van der Waals surface area (Å²) in [6, 6.07) is 14.1. The third-order valence-corrected chi connectivity index (χ3v) is 4.14. The molecule has 0 radical (unpaired) electrons. The minimum Gasteiger partial charge on any atom is -0.459 e. The van der Waals surface area contributed by atoms with Gasteiger partial charge in [-0.2, -0.15) is 0 Å². The predicted molar refractivity (Wildman–Crippen MR) is 95.9 cm³/mol. The minimum absolute atomic E-state index is 0.251. The Balaban J connectivity index is 1.71. The molecule has 6 heteroatoms. The summed E-state index contributed by atoms with van der Waals surface area (Å²) in [5.74, 6) is 0.416. The zero-order chi connectivity index (χ0) is 17.4. The quantitative estimate of drug-likeness (QED) is 0.543. The molecular weight excluding hydrogens is 340 g/mol. The number of carbonyl (C=O) groups excluding carboxylic acids is 1. The molecule has 0 spiro atoms. The topological polar surface area (TPSA) is 68.3 Å². The molecule has 2 aromatic heterocycles. The standard InChI is InChI=1S/C19H13ClN2O3/c1-11-13(19-22-15-10-12(20)7-8-16(15)25-19)4-2-5-14(11)21-18(23)17-6-3-9-24-17/h2-10H,1H3,(H,21,23). The van der Waals surface area contributed by atoms with E-state index in [1.54, 1.807) is 30.3 Å². The molecule has 0 saturated carbocycles. The minimum atomic E-state index is -0.311. The molecule has 4 rings (SSSR count). The third kappa shape index (κ3) is 2.90. The molecule has 2 aromatic carbocycles. The molecule has 4 aromatic rings. The van der Waals surface area contributed by atoms with Gasteiger partial charge in [-0.05, 0) is 55.0 Å². The first-order valence-corrected chi connectivity index (χ1v) is 8.00. The summed E-state index contributed by atoms with van der Waals surface area (Å²) in [6.07, 6.45) is 1.46. The van der Waals surface area contributed by atoms with Crippen molar-refractivity contribution in [2.75, 3.05) is 5.32 Å². The van der Waals surface area contributed by atoms with Crippen LogP contribution in [0.3, 0.4) is 0 Å². The van der Waals surface area contributed by atoms with Crippen molar-refractivity contribution in [2.24, 2.45) is 0 Å². The summed E-state index contributed by atoms with van der Waals surface area (Å²) in [6.45, 7) is 1.90. The first kappa shape index (κ1) is 15.5. The Kier molecular flexibility index (Phi) is 3.78. The van der Waals surface area contributed by atoms with E-state index in [0.717, 1.165) is 11.1 Å². The molecule has 0 aliphatic rings. The van der Waals surface area contributed by atoms with Crippen LogP contribution in [0, 0.1) is 6.92 Å². The molecular formula is C19H13ClN2O3. The second-order valence-corrected chi connectivity index (χ2v) is 5.98. The summed E-state index contributed by atoms with van der Waals surface area (Å²) < 4.78 is 10.9. The van der Waals surface area contributed by atoms with Crippen molar-refractivity contribution < 1.29 is 13.6 Å². The maximum Gasteiger partial charge on any atom is 0.291 e. The Morgan fingerprint density at radius 1 is 1.16 bits per heavy atom. The van der Waals surface area contributed by atoms with Gasteiger partial charge in [0.05, 0.1) is 6.26 Å². The fourth-order valence-electron chi connectivity index (χ4n) is 2.61. The van der Waals surface area contributed by atoms with Crippen LogP contribution in [0.2, 0.25) is 5.02 Å². The van der Waals surface area contributed by atoms with Gasteiger partial charge in [0.15, 0.2) is 11.3 Å². The maximum absolute atomic E-state index is 12.2. The summed E-state index contributed by atoms with van der Waals surface area (Å²) in [5.41, 5.74) is 3.65. The van der Waals surface area contributed by atoms with E-state index in [1.165, 1.54) is 6.26 Å². The number of hydrogen-bond donors (Lipinski definition) is 1. The number of furan rings is 1. The van der Waals surface area contributed by atoms with Gasteiger partial charge in [-0.15, -0.1) is 0 Å². The van der Waals surface area contributed by atoms with Gasteiger partial charge in [-0.1, -0.05) is 17.7 Å². The smallest absolute Gasteiger partial charge is 0.291 e. The molecule has 5 nitrogen and oxygen atoms in total. The molecule has 1 amide bonds. The van der Waals surface area contributed by atoms with Crippen molar-refractivity contribution in [1.29, 1.82) is 0 Å². The van der Waals surface area contributed by atoms with E-state index in [9.17, 15) is 4.79 Å². The van der Waals surface area contributed by atoms with Crippen molar-refractivity contribution in [2.45, 2.75) is 6.92 Å². The van der Waals surface area contributed by atoms with Gasteiger partial charge in [0.2, 0.25) is 5.89 Å². The highest BCUT2D eigenvalue weighted by molar-refractivity contribution is 6.31. The Morgan fingerprint density at radius 3 is 2.84 bits per heavy atom. The molecule has 0 bridgehead atoms. The van der Waals surface area contributed by atoms with E-state index in [2.05, 4.69) is 10.3 Å². The summed E-state index contributed by atoms with van der Waals surface area (Å²) in [7, 11) is 0. The van der Waals surface area contributed by atoms with Gasteiger partial charge < -0.3 is 14.2 Å². The Labute approximate surface area is 148 Å². The lowest BCUT2D eigenvalue weighted by Crippen LogP contribution is -2.12. The van der Waals surface area contributed by atoms with Crippen molar-refractivity contribution in [1.82, 2.24) is 4.98 Å². The van der Waals surface area contributed by atoms with Crippen LogP contribution >= 0.6 is 11.6 Å². The van der Waals surface area contributed by atoms with Crippen molar-refractivity contribution >= 4 is 34.3 Å². The van der Waals surface area contributed by atoms with E-state index in [-0.39, 0.29) is 11.7 Å². The largest absolute Gasteiger partial charge is 0.459 e. The summed E-state index contributed by atoms with van der Waals surface area (Å²) in [4.78, 5) is 16.7. The molecule has 2 heterocycles. The van der Waals surface area contributed by atoms with E-state index in [4.69, 9.17) is 20.4 Å². The number of nitrogens with one attached hydrogen (secondary N) is 1. The number of benzene rings is 2. The lowest BCUT2D eigenvalue weighted by atomic mass is 10.1. The van der Waals surface area contributed by atoms with Crippen LogP contribution in [0.1, 0.15) is 16.1 Å². The van der Waals surface area contributed by atoms with Crippen LogP contribution in [-0.2, 0) is 0 Å². The van der Waals surface area contributed by atoms with Crippen LogP contribution in [0.5, 0.6) is 0 Å². The molecule has 0 aliphatic carbocycles. The van der Waals surface area contributed by atoms with Gasteiger partial charge in [0.25, 0.3) is 5.91 Å². The number of halogens is 1. The predicted octanol–water partition coefficient (Wildman–Crippen LogP) is 5.30. The normalized spacial score (nSPS) is 11.0. The lowest BCUT2D eigenvalue weighted by Gasteiger charge is -2.09. The fourth-order valence-corrected chi connectivity index (χ4v) is 2.78. The van der Waals surface area contributed by atoms with Gasteiger partial charge in [-0.25, -0.2) is 4.98 Å². The number of fused-ring (bicyclic) bond motifs is 1. The number of anilines is 1. The number of carbonyl (C=O) groups is 1. The number of amides is 1. The highest BCUT2D eigenvalue weighted by Crippen LogP contribution is 2.31. The first-order valence-electron chi connectivity index (χ1n) is 7.63. The average Bonchev–Trinajstić information content (AvgIpc) is 3.25. The number of nitrogens with zero attached hydrogens (tertiary/aromatic N) is 1. The Hall–Kier alpha value is -3.05. The lowest BCUT2D eigenvalue weighted by molar-refractivity contribution is 0.0996. The van der Waals surface area contributed by atoms with Crippen LogP contribution in [0.4, 0.5) is 5.69 Å². The molecule has 0 saturated heterocycles. The molecule has 0 unspecified atom stereocenters. The number of rotatable bonds is 3. The summed E-state index contributed by atoms with van der Waals surface area (Å²) in [5, 5.41) is 3.44. The molecule has 25 heavy (non-hydrogen) atoms. The van der Waals surface area contributed by atoms with Gasteiger partial charge >= 0.3 is 0 Å². The van der Waals surface area contributed by atoms with Crippen LogP contribution < -0.4 is 5.32 Å². The van der Waals surface area contributed by atoms with E-state index in [0.29, 0.717) is 27.7 Å². The SMILES string of the molecule is Cc1c(NC(=O)c2ccco2)cccc1-c1nc2cc(Cl)ccc2o1. The van der Waals surface area contributed by atoms with Crippen LogP contribution in [0.15, 0.2) is 63.6 Å². The monoisotopic (exact) mass is 352 g/mol. The zero-order valence-electron chi connectivity index (χ0n) is 13.2. The number of oxazole rings is 1. The highest BCUT2D eigenvalue weighted by atomic mass is 35.5. The van der Waals surface area contributed by atoms with Gasteiger partial charge in [0.1, 0.15) is 5.52 Å². The number of aromatic nitrogens is 1. The molecule has 1 N–H and O–H groups in total. The Morgan fingerprint density at radius 2 is 2.04 bits per heavy atom. The maximum atomic E-state index is 12.2. The molecule has 0 fully saturated rings. The van der Waals surface area contributed by atoms with Crippen molar-refractivity contribution in [3.05, 3.63) is 71.1 Å². The highest BCUT2D eigenvalue weighted by Gasteiger charge is 2.15. The van der Waals surface area contributed by atoms with E-state index in [1.807, 2.05) is 25.1 Å². The average molecular weight is 353 g/mol. The van der Waals surface area contributed by atoms with Gasteiger partial charge in [-0.3, -0.25) is 4.79 Å². The van der Waals surface area contributed by atoms with Crippen LogP contribution in [0.25, 0.3) is 22.6 Å². The molecule has 124 valence electrons. The second-order valence-electron chi connectivity index (χ2n) is 5.54. The van der Waals surface area contributed by atoms with Crippen LogP contribution in [-0.4, -0.2) is 10.9 Å². The number of hydrogen-bond acceptors (Lipinski definition) is 4. The Bertz CT molecular complexity index is 1070.